The van der Waals surface area contributed by atoms with E-state index in [1.807, 2.05) is 6.92 Å². The number of carbonyl (C=O) groups is 2. The number of nitrogens with zero attached hydrogens (tertiary/aromatic N) is 1. The number of hydrogen-bond acceptors (Lipinski definition) is 4. The van der Waals surface area contributed by atoms with Crippen LogP contribution in [0.1, 0.15) is 40.5 Å². The third-order valence-electron chi connectivity index (χ3n) is 3.32. The molecule has 0 aromatic carbocycles. The molecule has 0 aliphatic carbocycles. The highest BCUT2D eigenvalue weighted by Crippen LogP contribution is 2.28. The molecule has 3 atom stereocenters. The van der Waals surface area contributed by atoms with Gasteiger partial charge in [0.25, 0.3) is 0 Å². The van der Waals surface area contributed by atoms with Crippen molar-refractivity contribution in [1.29, 1.82) is 0 Å². The first kappa shape index (κ1) is 14.1. The molecule has 0 spiro atoms. The van der Waals surface area contributed by atoms with Crippen LogP contribution in [0.25, 0.3) is 0 Å². The van der Waals surface area contributed by atoms with E-state index in [4.69, 9.17) is 9.47 Å². The molecule has 2 aliphatic rings. The summed E-state index contributed by atoms with van der Waals surface area (Å²) in [6, 6.07) is -0.479. The van der Waals surface area contributed by atoms with Crippen LogP contribution in [0.5, 0.6) is 0 Å². The molecular formula is C13H22N2O4. The van der Waals surface area contributed by atoms with Crippen LogP contribution in [0.3, 0.4) is 0 Å². The van der Waals surface area contributed by atoms with Gasteiger partial charge >= 0.3 is 6.09 Å². The molecule has 0 aromatic heterocycles. The molecule has 0 unspecified atom stereocenters. The van der Waals surface area contributed by atoms with Gasteiger partial charge in [0.15, 0.2) is 0 Å². The van der Waals surface area contributed by atoms with Crippen molar-refractivity contribution in [2.75, 3.05) is 6.61 Å². The maximum absolute atomic E-state index is 12.3. The van der Waals surface area contributed by atoms with Crippen LogP contribution in [0, 0.1) is 0 Å². The van der Waals surface area contributed by atoms with E-state index in [0.717, 1.165) is 12.8 Å². The lowest BCUT2D eigenvalue weighted by molar-refractivity contribution is -0.162. The van der Waals surface area contributed by atoms with Crippen molar-refractivity contribution in [2.45, 2.75) is 64.4 Å². The molecular weight excluding hydrogens is 248 g/mol. The smallest absolute Gasteiger partial charge is 0.408 e. The summed E-state index contributed by atoms with van der Waals surface area (Å²) >= 11 is 0. The Kier molecular flexibility index (Phi) is 3.71. The quantitative estimate of drug-likeness (QED) is 0.778. The number of ether oxygens (including phenoxy) is 2. The molecule has 0 bridgehead atoms. The van der Waals surface area contributed by atoms with Gasteiger partial charge in [0.2, 0.25) is 5.91 Å². The molecule has 2 rings (SSSR count). The minimum atomic E-state index is -0.647. The fourth-order valence-corrected chi connectivity index (χ4v) is 2.48. The number of fused-ring (bicyclic) bond motifs is 1. The molecule has 0 aromatic rings. The van der Waals surface area contributed by atoms with Crippen molar-refractivity contribution in [3.63, 3.8) is 0 Å². The van der Waals surface area contributed by atoms with Crippen LogP contribution in [0.15, 0.2) is 0 Å². The van der Waals surface area contributed by atoms with Crippen molar-refractivity contribution in [3.05, 3.63) is 0 Å². The second-order valence-corrected chi connectivity index (χ2v) is 6.16. The van der Waals surface area contributed by atoms with Crippen LogP contribution in [-0.4, -0.2) is 47.4 Å². The zero-order chi connectivity index (χ0) is 14.2. The van der Waals surface area contributed by atoms with E-state index >= 15 is 0 Å². The third kappa shape index (κ3) is 3.18. The molecule has 0 saturated carbocycles. The van der Waals surface area contributed by atoms with E-state index in [-0.39, 0.29) is 24.8 Å². The van der Waals surface area contributed by atoms with E-state index in [9.17, 15) is 9.59 Å². The molecule has 2 aliphatic heterocycles. The summed E-state index contributed by atoms with van der Waals surface area (Å²) in [7, 11) is 0. The van der Waals surface area contributed by atoms with Gasteiger partial charge in [0.1, 0.15) is 17.9 Å². The molecule has 1 N–H and O–H groups in total. The van der Waals surface area contributed by atoms with E-state index in [2.05, 4.69) is 5.32 Å². The highest BCUT2D eigenvalue weighted by atomic mass is 16.6. The van der Waals surface area contributed by atoms with E-state index in [1.165, 1.54) is 0 Å². The Bertz CT molecular complexity index is 377. The van der Waals surface area contributed by atoms with Gasteiger partial charge in [-0.25, -0.2) is 4.79 Å². The van der Waals surface area contributed by atoms with E-state index in [1.54, 1.807) is 25.7 Å². The summed E-state index contributed by atoms with van der Waals surface area (Å²) in [6.07, 6.45) is 1.10. The second-order valence-electron chi connectivity index (χ2n) is 6.16. The Morgan fingerprint density at radius 2 is 2.11 bits per heavy atom. The number of amides is 2. The molecule has 2 heterocycles. The van der Waals surface area contributed by atoms with Crippen LogP contribution in [0.4, 0.5) is 4.79 Å². The van der Waals surface area contributed by atoms with Crippen LogP contribution in [-0.2, 0) is 14.3 Å². The lowest BCUT2D eigenvalue weighted by Crippen LogP contribution is -2.59. The topological polar surface area (TPSA) is 67.9 Å². The van der Waals surface area contributed by atoms with Crippen molar-refractivity contribution < 1.29 is 19.1 Å². The van der Waals surface area contributed by atoms with Gasteiger partial charge in [-0.05, 0) is 40.5 Å². The molecule has 108 valence electrons. The van der Waals surface area contributed by atoms with Gasteiger partial charge in [0.05, 0.1) is 6.61 Å². The zero-order valence-corrected chi connectivity index (χ0v) is 11.9. The fraction of sp³-hybridized carbons (Fsp3) is 0.846. The number of nitrogens with one attached hydrogen (secondary N) is 1. The average Bonchev–Trinajstić information content (AvgIpc) is 2.62. The molecule has 6 nitrogen and oxygen atoms in total. The van der Waals surface area contributed by atoms with Crippen LogP contribution >= 0.6 is 0 Å². The Morgan fingerprint density at radius 1 is 1.42 bits per heavy atom. The summed E-state index contributed by atoms with van der Waals surface area (Å²) in [6.45, 7) is 7.56. The van der Waals surface area contributed by atoms with Crippen molar-refractivity contribution in [3.8, 4) is 0 Å². The first-order chi connectivity index (χ1) is 8.78. The van der Waals surface area contributed by atoms with Crippen LogP contribution in [0.2, 0.25) is 0 Å². The molecule has 6 heteroatoms. The van der Waals surface area contributed by atoms with Gasteiger partial charge in [0, 0.05) is 6.04 Å². The highest BCUT2D eigenvalue weighted by Gasteiger charge is 2.43. The number of carbonyl (C=O) groups excluding carboxylic acids is 2. The second kappa shape index (κ2) is 5.00. The lowest BCUT2D eigenvalue weighted by atomic mass is 10.2. The maximum atomic E-state index is 12.3. The fourth-order valence-electron chi connectivity index (χ4n) is 2.48. The molecule has 2 fully saturated rings. The Morgan fingerprint density at radius 3 is 2.74 bits per heavy atom. The molecule has 19 heavy (non-hydrogen) atoms. The van der Waals surface area contributed by atoms with Crippen LogP contribution < -0.4 is 5.32 Å². The third-order valence-corrected chi connectivity index (χ3v) is 3.32. The SMILES string of the molecule is C[C@H]1CC[C@@H]2OC[C@@H](NC(=O)OC(C)(C)C)C(=O)N21. The van der Waals surface area contributed by atoms with Gasteiger partial charge in [-0.1, -0.05) is 0 Å². The zero-order valence-electron chi connectivity index (χ0n) is 11.9. The summed E-state index contributed by atoms with van der Waals surface area (Å²) in [5.74, 6) is -0.0768. The Labute approximate surface area is 113 Å². The molecule has 2 amide bonds. The summed E-state index contributed by atoms with van der Waals surface area (Å²) < 4.78 is 10.8. The Hall–Kier alpha value is -1.30. The highest BCUT2D eigenvalue weighted by molar-refractivity contribution is 5.87. The Balaban J connectivity index is 1.95. The average molecular weight is 270 g/mol. The standard InChI is InChI=1S/C13H22N2O4/c1-8-5-6-10-15(8)11(16)9(7-18-10)14-12(17)19-13(2,3)4/h8-10H,5-7H2,1-4H3,(H,14,17)/t8-,9+,10-/m0/s1. The molecule has 2 saturated heterocycles. The maximum Gasteiger partial charge on any atom is 0.408 e. The predicted molar refractivity (Wildman–Crippen MR) is 68.4 cm³/mol. The van der Waals surface area contributed by atoms with Gasteiger partial charge < -0.3 is 19.7 Å². The lowest BCUT2D eigenvalue weighted by Gasteiger charge is -2.37. The normalized spacial score (nSPS) is 31.1. The van der Waals surface area contributed by atoms with Gasteiger partial charge in [-0.3, -0.25) is 4.79 Å². The first-order valence-corrected chi connectivity index (χ1v) is 6.71. The number of rotatable bonds is 1. The summed E-state index contributed by atoms with van der Waals surface area (Å²) in [4.78, 5) is 25.7. The number of alkyl carbamates (subject to hydrolysis) is 1. The monoisotopic (exact) mass is 270 g/mol. The summed E-state index contributed by atoms with van der Waals surface area (Å²) in [5.41, 5.74) is -0.577. The summed E-state index contributed by atoms with van der Waals surface area (Å²) in [5, 5.41) is 2.58. The van der Waals surface area contributed by atoms with Crippen molar-refractivity contribution >= 4 is 12.0 Å². The van der Waals surface area contributed by atoms with Crippen molar-refractivity contribution in [1.82, 2.24) is 10.2 Å². The minimum Gasteiger partial charge on any atom is -0.444 e. The largest absolute Gasteiger partial charge is 0.444 e. The minimum absolute atomic E-state index is 0.0768. The van der Waals surface area contributed by atoms with E-state index < -0.39 is 17.7 Å². The molecule has 0 radical (unpaired) electrons. The number of hydrogen-bond donors (Lipinski definition) is 1. The van der Waals surface area contributed by atoms with Gasteiger partial charge in [-0.2, -0.15) is 0 Å². The first-order valence-electron chi connectivity index (χ1n) is 6.71. The van der Waals surface area contributed by atoms with Crippen molar-refractivity contribution in [2.24, 2.45) is 0 Å². The van der Waals surface area contributed by atoms with Gasteiger partial charge in [-0.15, -0.1) is 0 Å². The predicted octanol–water partition coefficient (Wildman–Crippen LogP) is 1.25. The van der Waals surface area contributed by atoms with E-state index in [0.29, 0.717) is 0 Å².